The SMILES string of the molecule is CCOc1cc(/C=C2\COc3c(C)cc(C)cc3C2=O)ccc1OC. The van der Waals surface area contributed by atoms with E-state index in [1.807, 2.05) is 57.2 Å². The molecule has 0 aromatic heterocycles. The van der Waals surface area contributed by atoms with Gasteiger partial charge in [-0.1, -0.05) is 12.1 Å². The van der Waals surface area contributed by atoms with Gasteiger partial charge in [0.15, 0.2) is 17.3 Å². The average Bonchev–Trinajstić information content (AvgIpc) is 2.58. The molecule has 0 unspecified atom stereocenters. The van der Waals surface area contributed by atoms with Crippen LogP contribution in [0.2, 0.25) is 0 Å². The van der Waals surface area contributed by atoms with Crippen LogP contribution < -0.4 is 14.2 Å². The van der Waals surface area contributed by atoms with E-state index in [2.05, 4.69) is 0 Å². The minimum atomic E-state index is 0.0156. The van der Waals surface area contributed by atoms with Crippen LogP contribution in [0.25, 0.3) is 6.08 Å². The van der Waals surface area contributed by atoms with E-state index in [4.69, 9.17) is 14.2 Å². The van der Waals surface area contributed by atoms with Crippen molar-refractivity contribution in [3.8, 4) is 17.2 Å². The fourth-order valence-corrected chi connectivity index (χ4v) is 3.06. The maximum Gasteiger partial charge on any atom is 0.196 e. The molecule has 0 aliphatic carbocycles. The third-order valence-electron chi connectivity index (χ3n) is 4.16. The molecule has 0 saturated carbocycles. The zero-order chi connectivity index (χ0) is 18.0. The molecule has 0 fully saturated rings. The van der Waals surface area contributed by atoms with Gasteiger partial charge in [-0.3, -0.25) is 4.79 Å². The Hall–Kier alpha value is -2.75. The van der Waals surface area contributed by atoms with Gasteiger partial charge >= 0.3 is 0 Å². The van der Waals surface area contributed by atoms with Crippen LogP contribution in [0.1, 0.15) is 34.0 Å². The van der Waals surface area contributed by atoms with Crippen LogP contribution in [-0.2, 0) is 0 Å². The fraction of sp³-hybridized carbons (Fsp3) is 0.286. The van der Waals surface area contributed by atoms with E-state index in [-0.39, 0.29) is 12.4 Å². The first-order valence-electron chi connectivity index (χ1n) is 8.33. The fourth-order valence-electron chi connectivity index (χ4n) is 3.06. The number of benzene rings is 2. The van der Waals surface area contributed by atoms with Crippen molar-refractivity contribution >= 4 is 11.9 Å². The zero-order valence-electron chi connectivity index (χ0n) is 15.0. The van der Waals surface area contributed by atoms with Crippen molar-refractivity contribution in [2.45, 2.75) is 20.8 Å². The van der Waals surface area contributed by atoms with Gasteiger partial charge in [0.2, 0.25) is 0 Å². The van der Waals surface area contributed by atoms with Crippen molar-refractivity contribution in [2.24, 2.45) is 0 Å². The van der Waals surface area contributed by atoms with Gasteiger partial charge in [0.1, 0.15) is 12.4 Å². The summed E-state index contributed by atoms with van der Waals surface area (Å²) < 4.78 is 16.7. The highest BCUT2D eigenvalue weighted by atomic mass is 16.5. The Morgan fingerprint density at radius 1 is 1.16 bits per heavy atom. The highest BCUT2D eigenvalue weighted by molar-refractivity contribution is 6.14. The van der Waals surface area contributed by atoms with Crippen LogP contribution in [0, 0.1) is 13.8 Å². The number of hydrogen-bond donors (Lipinski definition) is 0. The van der Waals surface area contributed by atoms with Crippen molar-refractivity contribution in [2.75, 3.05) is 20.3 Å². The Kier molecular flexibility index (Phi) is 4.79. The van der Waals surface area contributed by atoms with Gasteiger partial charge in [0.05, 0.1) is 19.3 Å². The summed E-state index contributed by atoms with van der Waals surface area (Å²) in [5.74, 6) is 2.04. The van der Waals surface area contributed by atoms with Crippen LogP contribution >= 0.6 is 0 Å². The Morgan fingerprint density at radius 2 is 1.96 bits per heavy atom. The predicted molar refractivity (Wildman–Crippen MR) is 97.9 cm³/mol. The molecule has 1 aliphatic heterocycles. The molecule has 130 valence electrons. The molecule has 3 rings (SSSR count). The second kappa shape index (κ2) is 7.01. The van der Waals surface area contributed by atoms with Crippen molar-refractivity contribution in [3.05, 3.63) is 58.2 Å². The highest BCUT2D eigenvalue weighted by Gasteiger charge is 2.25. The van der Waals surface area contributed by atoms with Crippen molar-refractivity contribution < 1.29 is 19.0 Å². The second-order valence-electron chi connectivity index (χ2n) is 6.09. The molecule has 0 radical (unpaired) electrons. The number of ketones is 1. The van der Waals surface area contributed by atoms with Gasteiger partial charge in [0, 0.05) is 5.57 Å². The summed E-state index contributed by atoms with van der Waals surface area (Å²) >= 11 is 0. The molecule has 1 heterocycles. The van der Waals surface area contributed by atoms with Crippen molar-refractivity contribution in [1.29, 1.82) is 0 Å². The van der Waals surface area contributed by atoms with Crippen LogP contribution in [0.15, 0.2) is 35.9 Å². The van der Waals surface area contributed by atoms with Crippen LogP contribution in [0.5, 0.6) is 17.2 Å². The standard InChI is InChI=1S/C21H22O4/c1-5-24-19-11-15(6-7-18(19)23-4)10-16-12-25-21-14(3)8-13(2)9-17(21)20(16)22/h6-11H,5,12H2,1-4H3/b16-10+. The molecule has 2 aromatic carbocycles. The molecule has 0 bridgehead atoms. The Bertz CT molecular complexity index is 849. The number of ether oxygens (including phenoxy) is 3. The van der Waals surface area contributed by atoms with E-state index in [1.54, 1.807) is 7.11 Å². The van der Waals surface area contributed by atoms with E-state index in [1.165, 1.54) is 0 Å². The molecule has 1 aliphatic rings. The number of fused-ring (bicyclic) bond motifs is 1. The minimum Gasteiger partial charge on any atom is -0.493 e. The molecular formula is C21H22O4. The molecule has 4 heteroatoms. The van der Waals surface area contributed by atoms with Gasteiger partial charge in [-0.15, -0.1) is 0 Å². The van der Waals surface area contributed by atoms with E-state index in [9.17, 15) is 4.79 Å². The lowest BCUT2D eigenvalue weighted by Gasteiger charge is -2.21. The lowest BCUT2D eigenvalue weighted by molar-refractivity contribution is 0.100. The summed E-state index contributed by atoms with van der Waals surface area (Å²) in [5.41, 5.74) is 4.19. The van der Waals surface area contributed by atoms with E-state index < -0.39 is 0 Å². The number of carbonyl (C=O) groups is 1. The summed E-state index contributed by atoms with van der Waals surface area (Å²) in [6.07, 6.45) is 1.85. The maximum atomic E-state index is 12.9. The second-order valence-corrected chi connectivity index (χ2v) is 6.09. The zero-order valence-corrected chi connectivity index (χ0v) is 15.0. The molecule has 0 N–H and O–H groups in total. The normalized spacial score (nSPS) is 14.9. The third kappa shape index (κ3) is 3.38. The Labute approximate surface area is 148 Å². The molecule has 0 amide bonds. The van der Waals surface area contributed by atoms with E-state index in [0.717, 1.165) is 16.7 Å². The number of methoxy groups -OCH3 is 1. The smallest absolute Gasteiger partial charge is 0.196 e. The minimum absolute atomic E-state index is 0.0156. The summed E-state index contributed by atoms with van der Waals surface area (Å²) in [7, 11) is 1.61. The monoisotopic (exact) mass is 338 g/mol. The average molecular weight is 338 g/mol. The van der Waals surface area contributed by atoms with Crippen LogP contribution in [-0.4, -0.2) is 26.1 Å². The van der Waals surface area contributed by atoms with Crippen molar-refractivity contribution in [3.63, 3.8) is 0 Å². The molecule has 4 nitrogen and oxygen atoms in total. The van der Waals surface area contributed by atoms with Crippen LogP contribution in [0.4, 0.5) is 0 Å². The molecule has 0 atom stereocenters. The molecular weight excluding hydrogens is 316 g/mol. The summed E-state index contributed by atoms with van der Waals surface area (Å²) in [6, 6.07) is 9.53. The topological polar surface area (TPSA) is 44.8 Å². The molecule has 25 heavy (non-hydrogen) atoms. The number of rotatable bonds is 4. The lowest BCUT2D eigenvalue weighted by atomic mass is 9.95. The van der Waals surface area contributed by atoms with Crippen LogP contribution in [0.3, 0.4) is 0 Å². The van der Waals surface area contributed by atoms with E-state index >= 15 is 0 Å². The summed E-state index contributed by atoms with van der Waals surface area (Å²) in [4.78, 5) is 12.9. The number of aryl methyl sites for hydroxylation is 2. The number of hydrogen-bond acceptors (Lipinski definition) is 4. The Balaban J connectivity index is 1.97. The first-order valence-corrected chi connectivity index (χ1v) is 8.33. The highest BCUT2D eigenvalue weighted by Crippen LogP contribution is 2.33. The Morgan fingerprint density at radius 3 is 2.68 bits per heavy atom. The molecule has 0 spiro atoms. The lowest BCUT2D eigenvalue weighted by Crippen LogP contribution is -2.20. The quantitative estimate of drug-likeness (QED) is 0.777. The first-order chi connectivity index (χ1) is 12.0. The molecule has 0 saturated heterocycles. The van der Waals surface area contributed by atoms with Gasteiger partial charge < -0.3 is 14.2 Å². The van der Waals surface area contributed by atoms with Gasteiger partial charge in [0.25, 0.3) is 0 Å². The summed E-state index contributed by atoms with van der Waals surface area (Å²) in [6.45, 7) is 6.68. The predicted octanol–water partition coefficient (Wildman–Crippen LogP) is 4.37. The van der Waals surface area contributed by atoms with Gasteiger partial charge in [-0.2, -0.15) is 0 Å². The molecule has 2 aromatic rings. The third-order valence-corrected chi connectivity index (χ3v) is 4.16. The van der Waals surface area contributed by atoms with Gasteiger partial charge in [-0.05, 0) is 61.7 Å². The van der Waals surface area contributed by atoms with E-state index in [0.29, 0.717) is 35.0 Å². The number of carbonyl (C=O) groups excluding carboxylic acids is 1. The van der Waals surface area contributed by atoms with Crippen molar-refractivity contribution in [1.82, 2.24) is 0 Å². The maximum absolute atomic E-state index is 12.9. The van der Waals surface area contributed by atoms with Gasteiger partial charge in [-0.25, -0.2) is 0 Å². The first kappa shape index (κ1) is 17.1. The summed E-state index contributed by atoms with van der Waals surface area (Å²) in [5, 5.41) is 0. The number of Topliss-reactive ketones (excluding diaryl/α,β-unsaturated/α-hetero) is 1. The largest absolute Gasteiger partial charge is 0.493 e.